The summed E-state index contributed by atoms with van der Waals surface area (Å²) in [6.45, 7) is 4.61. The molecule has 1 aliphatic rings. The molecule has 0 aromatic heterocycles. The lowest BCUT2D eigenvalue weighted by molar-refractivity contribution is -0.145. The average molecular weight is 347 g/mol. The van der Waals surface area contributed by atoms with Crippen LogP contribution in [0.25, 0.3) is 0 Å². The van der Waals surface area contributed by atoms with Gasteiger partial charge in [-0.3, -0.25) is 4.90 Å². The van der Waals surface area contributed by atoms with Crippen molar-refractivity contribution in [3.05, 3.63) is 0 Å². The first-order chi connectivity index (χ1) is 11.6. The Morgan fingerprint density at radius 3 is 2.12 bits per heavy atom. The van der Waals surface area contributed by atoms with Gasteiger partial charge in [0.1, 0.15) is 12.2 Å². The number of nitrogens with zero attached hydrogens (tertiary/aromatic N) is 1. The van der Waals surface area contributed by atoms with Gasteiger partial charge in [0, 0.05) is 19.8 Å². The summed E-state index contributed by atoms with van der Waals surface area (Å²) in [6.07, 6.45) is 5.97. The van der Waals surface area contributed by atoms with E-state index in [2.05, 4.69) is 6.92 Å². The van der Waals surface area contributed by atoms with Gasteiger partial charge in [0.05, 0.1) is 18.8 Å². The van der Waals surface area contributed by atoms with Crippen LogP contribution in [-0.4, -0.2) is 82.6 Å². The van der Waals surface area contributed by atoms with Crippen LogP contribution < -0.4 is 0 Å². The predicted molar refractivity (Wildman–Crippen MR) is 93.9 cm³/mol. The van der Waals surface area contributed by atoms with E-state index in [0.29, 0.717) is 6.54 Å². The van der Waals surface area contributed by atoms with Gasteiger partial charge in [-0.2, -0.15) is 0 Å². The Bertz CT molecular complexity index is 305. The summed E-state index contributed by atoms with van der Waals surface area (Å²) in [5.74, 6) is 0. The molecule has 1 heterocycles. The van der Waals surface area contributed by atoms with Gasteiger partial charge in [0.2, 0.25) is 0 Å². The van der Waals surface area contributed by atoms with Crippen molar-refractivity contribution in [1.82, 2.24) is 4.90 Å². The monoisotopic (exact) mass is 347 g/mol. The first kappa shape index (κ1) is 21.8. The predicted octanol–water partition coefficient (Wildman–Crippen LogP) is 0.903. The summed E-state index contributed by atoms with van der Waals surface area (Å²) in [5.41, 5.74) is 0. The topological polar surface area (TPSA) is 93.4 Å². The number of aliphatic hydroxyl groups is 4. The zero-order valence-corrected chi connectivity index (χ0v) is 15.1. The maximum atomic E-state index is 9.92. The molecule has 0 unspecified atom stereocenters. The molecular weight excluding hydrogens is 310 g/mol. The first-order valence-electron chi connectivity index (χ1n) is 9.58. The van der Waals surface area contributed by atoms with Crippen LogP contribution >= 0.6 is 0 Å². The van der Waals surface area contributed by atoms with E-state index < -0.39 is 24.4 Å². The van der Waals surface area contributed by atoms with Crippen molar-refractivity contribution in [2.75, 3.05) is 32.9 Å². The zero-order chi connectivity index (χ0) is 17.8. The van der Waals surface area contributed by atoms with E-state index in [1.165, 1.54) is 25.7 Å². The highest BCUT2D eigenvalue weighted by Crippen LogP contribution is 2.19. The van der Waals surface area contributed by atoms with Crippen molar-refractivity contribution in [1.29, 1.82) is 0 Å². The molecule has 0 saturated carbocycles. The molecule has 1 saturated heterocycles. The van der Waals surface area contributed by atoms with Crippen molar-refractivity contribution in [3.8, 4) is 0 Å². The van der Waals surface area contributed by atoms with E-state index in [1.807, 2.05) is 4.90 Å². The SMILES string of the molecule is CCCCCCCOCCCCCN1C[C@H](O)[C@@H](O)[C@H](O)[C@@H]1CO. The Morgan fingerprint density at radius 1 is 0.875 bits per heavy atom. The minimum Gasteiger partial charge on any atom is -0.395 e. The maximum Gasteiger partial charge on any atom is 0.109 e. The van der Waals surface area contributed by atoms with Crippen molar-refractivity contribution in [3.63, 3.8) is 0 Å². The minimum absolute atomic E-state index is 0.216. The summed E-state index contributed by atoms with van der Waals surface area (Å²) < 4.78 is 5.63. The maximum absolute atomic E-state index is 9.92. The molecule has 1 aliphatic heterocycles. The highest BCUT2D eigenvalue weighted by atomic mass is 16.5. The van der Waals surface area contributed by atoms with Gasteiger partial charge in [-0.05, 0) is 32.2 Å². The molecule has 144 valence electrons. The van der Waals surface area contributed by atoms with Crippen molar-refractivity contribution in [2.24, 2.45) is 0 Å². The summed E-state index contributed by atoms with van der Waals surface area (Å²) in [5, 5.41) is 38.7. The van der Waals surface area contributed by atoms with Gasteiger partial charge < -0.3 is 25.2 Å². The number of β-amino-alcohol motifs (C(OH)–C–C–N with tert-alkyl or cyclic N) is 1. The number of likely N-dealkylation sites (tertiary alicyclic amines) is 1. The van der Waals surface area contributed by atoms with Gasteiger partial charge in [0.15, 0.2) is 0 Å². The smallest absolute Gasteiger partial charge is 0.109 e. The Labute approximate surface area is 146 Å². The van der Waals surface area contributed by atoms with Crippen molar-refractivity contribution < 1.29 is 25.2 Å². The molecule has 1 fully saturated rings. The van der Waals surface area contributed by atoms with E-state index in [0.717, 1.165) is 38.9 Å². The third-order valence-corrected chi connectivity index (χ3v) is 4.84. The van der Waals surface area contributed by atoms with Crippen LogP contribution in [0.1, 0.15) is 58.3 Å². The summed E-state index contributed by atoms with van der Waals surface area (Å²) in [6, 6.07) is -0.497. The molecule has 1 rings (SSSR count). The molecule has 0 aromatic carbocycles. The van der Waals surface area contributed by atoms with E-state index in [4.69, 9.17) is 4.74 Å². The van der Waals surface area contributed by atoms with E-state index in [-0.39, 0.29) is 13.2 Å². The number of ether oxygens (including phenoxy) is 1. The molecule has 0 spiro atoms. The molecule has 0 bridgehead atoms. The molecule has 0 aromatic rings. The van der Waals surface area contributed by atoms with Crippen LogP contribution in [0, 0.1) is 0 Å². The van der Waals surface area contributed by atoms with E-state index in [9.17, 15) is 20.4 Å². The molecule has 0 aliphatic carbocycles. The highest BCUT2D eigenvalue weighted by Gasteiger charge is 2.40. The van der Waals surface area contributed by atoms with Crippen LogP contribution in [0.3, 0.4) is 0 Å². The molecule has 6 heteroatoms. The molecule has 4 atom stereocenters. The summed E-state index contributed by atoms with van der Waals surface area (Å²) in [4.78, 5) is 1.87. The van der Waals surface area contributed by atoms with Crippen LogP contribution in [-0.2, 0) is 4.74 Å². The number of piperidine rings is 1. The van der Waals surface area contributed by atoms with Gasteiger partial charge in [-0.1, -0.05) is 32.6 Å². The lowest BCUT2D eigenvalue weighted by Crippen LogP contribution is -2.62. The Morgan fingerprint density at radius 2 is 1.50 bits per heavy atom. The van der Waals surface area contributed by atoms with Crippen LogP contribution in [0.4, 0.5) is 0 Å². The third kappa shape index (κ3) is 7.76. The van der Waals surface area contributed by atoms with Crippen molar-refractivity contribution in [2.45, 2.75) is 82.6 Å². The second-order valence-corrected chi connectivity index (χ2v) is 6.88. The molecular formula is C18H37NO5. The van der Waals surface area contributed by atoms with E-state index in [1.54, 1.807) is 0 Å². The number of hydrogen-bond donors (Lipinski definition) is 4. The molecule has 0 radical (unpaired) electrons. The quantitative estimate of drug-likeness (QED) is 0.370. The summed E-state index contributed by atoms with van der Waals surface area (Å²) in [7, 11) is 0. The Hall–Kier alpha value is -0.240. The first-order valence-corrected chi connectivity index (χ1v) is 9.58. The highest BCUT2D eigenvalue weighted by molar-refractivity contribution is 4.93. The fraction of sp³-hybridized carbons (Fsp3) is 1.00. The molecule has 24 heavy (non-hydrogen) atoms. The second kappa shape index (κ2) is 13.0. The Kier molecular flexibility index (Phi) is 11.8. The van der Waals surface area contributed by atoms with Gasteiger partial charge in [-0.15, -0.1) is 0 Å². The number of hydrogen-bond acceptors (Lipinski definition) is 6. The lowest BCUT2D eigenvalue weighted by Gasteiger charge is -2.43. The number of unbranched alkanes of at least 4 members (excludes halogenated alkanes) is 6. The Balaban J connectivity index is 2.04. The van der Waals surface area contributed by atoms with Gasteiger partial charge in [-0.25, -0.2) is 0 Å². The lowest BCUT2D eigenvalue weighted by atomic mass is 9.94. The number of aliphatic hydroxyl groups excluding tert-OH is 4. The minimum atomic E-state index is -1.18. The van der Waals surface area contributed by atoms with Crippen LogP contribution in [0.2, 0.25) is 0 Å². The van der Waals surface area contributed by atoms with Crippen LogP contribution in [0.15, 0.2) is 0 Å². The second-order valence-electron chi connectivity index (χ2n) is 6.88. The van der Waals surface area contributed by atoms with Gasteiger partial charge in [0.25, 0.3) is 0 Å². The fourth-order valence-electron chi connectivity index (χ4n) is 3.24. The summed E-state index contributed by atoms with van der Waals surface area (Å²) >= 11 is 0. The standard InChI is InChI=1S/C18H37NO5/c1-2-3-4-5-8-11-24-12-9-6-7-10-19-13-16(21)18(23)17(22)15(19)14-20/h15-18,20-23H,2-14H2,1H3/t15-,16-,17+,18+/m0/s1. The third-order valence-electron chi connectivity index (χ3n) is 4.84. The van der Waals surface area contributed by atoms with Crippen LogP contribution in [0.5, 0.6) is 0 Å². The van der Waals surface area contributed by atoms with Crippen molar-refractivity contribution >= 4 is 0 Å². The fourth-order valence-corrected chi connectivity index (χ4v) is 3.24. The number of rotatable bonds is 13. The van der Waals surface area contributed by atoms with Gasteiger partial charge >= 0.3 is 0 Å². The molecule has 6 nitrogen and oxygen atoms in total. The largest absolute Gasteiger partial charge is 0.395 e. The normalized spacial score (nSPS) is 28.4. The molecule has 4 N–H and O–H groups in total. The van der Waals surface area contributed by atoms with E-state index >= 15 is 0 Å². The molecule has 0 amide bonds. The zero-order valence-electron chi connectivity index (χ0n) is 15.1. The average Bonchev–Trinajstić information content (AvgIpc) is 2.58.